The molecule has 4 nitrogen and oxygen atoms in total. The molecule has 0 aromatic heterocycles. The van der Waals surface area contributed by atoms with Gasteiger partial charge < -0.3 is 9.80 Å². The van der Waals surface area contributed by atoms with Gasteiger partial charge in [-0.15, -0.1) is 0 Å². The third kappa shape index (κ3) is 3.95. The molecule has 0 saturated heterocycles. The highest BCUT2D eigenvalue weighted by atomic mass is 16.2. The van der Waals surface area contributed by atoms with E-state index in [-0.39, 0.29) is 11.8 Å². The third-order valence-electron chi connectivity index (χ3n) is 3.38. The molecule has 22 heavy (non-hydrogen) atoms. The van der Waals surface area contributed by atoms with Crippen LogP contribution < -0.4 is 4.90 Å². The zero-order chi connectivity index (χ0) is 15.9. The van der Waals surface area contributed by atoms with E-state index in [1.807, 2.05) is 48.5 Å². The van der Waals surface area contributed by atoms with Crippen molar-refractivity contribution < 1.29 is 9.59 Å². The molecule has 114 valence electrons. The molecule has 2 amide bonds. The van der Waals surface area contributed by atoms with Crippen LogP contribution in [0.25, 0.3) is 0 Å². The first-order valence-electron chi connectivity index (χ1n) is 7.21. The molecule has 0 atom stereocenters. The van der Waals surface area contributed by atoms with Crippen LogP contribution in [0.15, 0.2) is 60.7 Å². The molecule has 0 bridgehead atoms. The van der Waals surface area contributed by atoms with E-state index in [9.17, 15) is 9.59 Å². The molecule has 0 aliphatic carbocycles. The number of anilines is 1. The number of nitrogens with zero attached hydrogens (tertiary/aromatic N) is 2. The Labute approximate surface area is 131 Å². The van der Waals surface area contributed by atoms with Gasteiger partial charge in [-0.05, 0) is 24.3 Å². The second-order valence-corrected chi connectivity index (χ2v) is 5.20. The summed E-state index contributed by atoms with van der Waals surface area (Å²) < 4.78 is 0. The molecule has 0 aliphatic heterocycles. The second kappa shape index (κ2) is 7.41. The SMILES string of the molecule is CN(C)C(=O)CCN(C(=O)c1ccccc1)c1ccccc1. The number of rotatable bonds is 5. The molecule has 0 radical (unpaired) electrons. The first-order valence-corrected chi connectivity index (χ1v) is 7.21. The van der Waals surface area contributed by atoms with Crippen LogP contribution in [0.2, 0.25) is 0 Å². The van der Waals surface area contributed by atoms with Gasteiger partial charge in [-0.2, -0.15) is 0 Å². The Hall–Kier alpha value is -2.62. The van der Waals surface area contributed by atoms with Gasteiger partial charge in [-0.25, -0.2) is 0 Å². The summed E-state index contributed by atoms with van der Waals surface area (Å²) in [5.41, 5.74) is 1.41. The van der Waals surface area contributed by atoms with Crippen LogP contribution in [-0.2, 0) is 4.79 Å². The highest BCUT2D eigenvalue weighted by Gasteiger charge is 2.18. The quantitative estimate of drug-likeness (QED) is 0.851. The van der Waals surface area contributed by atoms with Crippen molar-refractivity contribution in [3.05, 3.63) is 66.2 Å². The van der Waals surface area contributed by atoms with Crippen LogP contribution in [0.4, 0.5) is 5.69 Å². The molecule has 0 heterocycles. The molecule has 2 aromatic rings. The number of carbonyl (C=O) groups excluding carboxylic acids is 2. The van der Waals surface area contributed by atoms with Crippen molar-refractivity contribution in [2.45, 2.75) is 6.42 Å². The molecule has 0 N–H and O–H groups in total. The smallest absolute Gasteiger partial charge is 0.258 e. The monoisotopic (exact) mass is 296 g/mol. The summed E-state index contributed by atoms with van der Waals surface area (Å²) >= 11 is 0. The van der Waals surface area contributed by atoms with Gasteiger partial charge in [0.2, 0.25) is 5.91 Å². The maximum absolute atomic E-state index is 12.7. The van der Waals surface area contributed by atoms with Crippen molar-refractivity contribution in [3.8, 4) is 0 Å². The lowest BCUT2D eigenvalue weighted by atomic mass is 10.1. The fraction of sp³-hybridized carbons (Fsp3) is 0.222. The van der Waals surface area contributed by atoms with Crippen molar-refractivity contribution in [2.75, 3.05) is 25.5 Å². The van der Waals surface area contributed by atoms with Gasteiger partial charge in [-0.1, -0.05) is 36.4 Å². The second-order valence-electron chi connectivity index (χ2n) is 5.20. The van der Waals surface area contributed by atoms with E-state index in [2.05, 4.69) is 0 Å². The minimum absolute atomic E-state index is 0.00166. The first-order chi connectivity index (χ1) is 10.6. The van der Waals surface area contributed by atoms with E-state index in [1.54, 1.807) is 31.1 Å². The number of hydrogen-bond donors (Lipinski definition) is 0. The Balaban J connectivity index is 2.22. The van der Waals surface area contributed by atoms with Gasteiger partial charge in [0.05, 0.1) is 0 Å². The highest BCUT2D eigenvalue weighted by Crippen LogP contribution is 2.17. The average Bonchev–Trinajstić information content (AvgIpc) is 2.56. The number of amides is 2. The van der Waals surface area contributed by atoms with Crippen LogP contribution in [0.3, 0.4) is 0 Å². The highest BCUT2D eigenvalue weighted by molar-refractivity contribution is 6.06. The van der Waals surface area contributed by atoms with Crippen molar-refractivity contribution in [2.24, 2.45) is 0 Å². The Morgan fingerprint density at radius 3 is 1.95 bits per heavy atom. The summed E-state index contributed by atoms with van der Waals surface area (Å²) in [6, 6.07) is 18.5. The first kappa shape index (κ1) is 15.8. The van der Waals surface area contributed by atoms with Gasteiger partial charge in [0.25, 0.3) is 5.91 Å². The maximum Gasteiger partial charge on any atom is 0.258 e. The van der Waals surface area contributed by atoms with Crippen molar-refractivity contribution in [3.63, 3.8) is 0 Å². The lowest BCUT2D eigenvalue weighted by Crippen LogP contribution is -2.35. The molecule has 2 rings (SSSR count). The Kier molecular flexibility index (Phi) is 5.31. The van der Waals surface area contributed by atoms with Gasteiger partial charge >= 0.3 is 0 Å². The third-order valence-corrected chi connectivity index (χ3v) is 3.38. The topological polar surface area (TPSA) is 40.6 Å². The molecular weight excluding hydrogens is 276 g/mol. The predicted molar refractivity (Wildman–Crippen MR) is 87.9 cm³/mol. The molecule has 0 fully saturated rings. The number of para-hydroxylation sites is 1. The number of carbonyl (C=O) groups is 2. The lowest BCUT2D eigenvalue weighted by molar-refractivity contribution is -0.128. The summed E-state index contributed by atoms with van der Waals surface area (Å²) in [6.45, 7) is 0.356. The van der Waals surface area contributed by atoms with Crippen molar-refractivity contribution in [1.29, 1.82) is 0 Å². The van der Waals surface area contributed by atoms with E-state index in [0.29, 0.717) is 18.5 Å². The van der Waals surface area contributed by atoms with Gasteiger partial charge in [0.1, 0.15) is 0 Å². The largest absolute Gasteiger partial charge is 0.349 e. The minimum Gasteiger partial charge on any atom is -0.349 e. The van der Waals surface area contributed by atoms with E-state index < -0.39 is 0 Å². The van der Waals surface area contributed by atoms with E-state index in [0.717, 1.165) is 5.69 Å². The predicted octanol–water partition coefficient (Wildman–Crippen LogP) is 2.81. The maximum atomic E-state index is 12.7. The molecule has 2 aromatic carbocycles. The standard InChI is InChI=1S/C18H20N2O2/c1-19(2)17(21)13-14-20(16-11-7-4-8-12-16)18(22)15-9-5-3-6-10-15/h3-12H,13-14H2,1-2H3. The van der Waals surface area contributed by atoms with Gasteiger partial charge in [0, 0.05) is 38.3 Å². The Morgan fingerprint density at radius 2 is 1.41 bits per heavy atom. The van der Waals surface area contributed by atoms with E-state index >= 15 is 0 Å². The molecule has 0 unspecified atom stereocenters. The van der Waals surface area contributed by atoms with Gasteiger partial charge in [-0.3, -0.25) is 9.59 Å². The summed E-state index contributed by atoms with van der Waals surface area (Å²) in [5.74, 6) is -0.0971. The summed E-state index contributed by atoms with van der Waals surface area (Å²) in [7, 11) is 3.43. The summed E-state index contributed by atoms with van der Waals surface area (Å²) in [5, 5.41) is 0. The zero-order valence-electron chi connectivity index (χ0n) is 12.9. The van der Waals surface area contributed by atoms with Crippen LogP contribution in [0, 0.1) is 0 Å². The van der Waals surface area contributed by atoms with Crippen LogP contribution in [0.1, 0.15) is 16.8 Å². The lowest BCUT2D eigenvalue weighted by Gasteiger charge is -2.23. The minimum atomic E-state index is -0.0987. The number of benzene rings is 2. The molecule has 4 heteroatoms. The fourth-order valence-corrected chi connectivity index (χ4v) is 2.12. The van der Waals surface area contributed by atoms with Gasteiger partial charge in [0.15, 0.2) is 0 Å². The zero-order valence-corrected chi connectivity index (χ0v) is 12.9. The van der Waals surface area contributed by atoms with Crippen molar-refractivity contribution >= 4 is 17.5 Å². The van der Waals surface area contributed by atoms with E-state index in [1.165, 1.54) is 4.90 Å². The van der Waals surface area contributed by atoms with Crippen LogP contribution >= 0.6 is 0 Å². The average molecular weight is 296 g/mol. The van der Waals surface area contributed by atoms with Crippen LogP contribution in [-0.4, -0.2) is 37.4 Å². The Bertz CT molecular complexity index is 624. The molecule has 0 spiro atoms. The molecule has 0 aliphatic rings. The Morgan fingerprint density at radius 1 is 0.864 bits per heavy atom. The van der Waals surface area contributed by atoms with Crippen molar-refractivity contribution in [1.82, 2.24) is 4.90 Å². The summed E-state index contributed by atoms with van der Waals surface area (Å²) in [4.78, 5) is 27.7. The summed E-state index contributed by atoms with van der Waals surface area (Å²) in [6.07, 6.45) is 0.292. The van der Waals surface area contributed by atoms with Crippen LogP contribution in [0.5, 0.6) is 0 Å². The van der Waals surface area contributed by atoms with E-state index in [4.69, 9.17) is 0 Å². The molecular formula is C18H20N2O2. The number of hydrogen-bond acceptors (Lipinski definition) is 2. The molecule has 0 saturated carbocycles. The normalized spacial score (nSPS) is 10.1. The fourth-order valence-electron chi connectivity index (χ4n) is 2.12.